The Balaban J connectivity index is 2.35. The monoisotopic (exact) mass is 374 g/mol. The fourth-order valence-corrected chi connectivity index (χ4v) is 4.28. The molecule has 0 spiro atoms. The Kier molecular flexibility index (Phi) is 6.07. The van der Waals surface area contributed by atoms with Crippen LogP contribution in [0, 0.1) is 11.3 Å². The minimum Gasteiger partial charge on any atom is -0.598 e. The molecule has 0 fully saturated rings. The number of aldehydes is 1. The van der Waals surface area contributed by atoms with Gasteiger partial charge in [0.25, 0.3) is 0 Å². The highest BCUT2D eigenvalue weighted by Crippen LogP contribution is 2.35. The van der Waals surface area contributed by atoms with Crippen molar-refractivity contribution in [2.75, 3.05) is 0 Å². The van der Waals surface area contributed by atoms with Gasteiger partial charge in [-0.15, -0.1) is 16.1 Å². The normalized spacial score (nSPS) is 15.2. The maximum Gasteiger partial charge on any atom is 0.136 e. The fraction of sp³-hybridized carbons (Fsp3) is 0.368. The van der Waals surface area contributed by atoms with Crippen LogP contribution in [0.1, 0.15) is 44.6 Å². The van der Waals surface area contributed by atoms with E-state index in [1.54, 1.807) is 6.07 Å². The molecule has 0 aliphatic carbocycles. The summed E-state index contributed by atoms with van der Waals surface area (Å²) < 4.78 is 15.3. The first-order chi connectivity index (χ1) is 11.7. The highest BCUT2D eigenvalue weighted by atomic mass is 32.2. The van der Waals surface area contributed by atoms with Gasteiger partial charge in [-0.05, 0) is 62.4 Å². The van der Waals surface area contributed by atoms with Gasteiger partial charge in [-0.3, -0.25) is 0 Å². The lowest BCUT2D eigenvalue weighted by atomic mass is 9.96. The maximum atomic E-state index is 12.5. The molecule has 1 aromatic carbocycles. The molecule has 1 aromatic heterocycles. The molecule has 4 nitrogen and oxygen atoms in total. The molecule has 2 rings (SSSR count). The quantitative estimate of drug-likeness (QED) is 0.609. The molecule has 2 aromatic rings. The lowest BCUT2D eigenvalue weighted by Crippen LogP contribution is -2.49. The van der Waals surface area contributed by atoms with Crippen molar-refractivity contribution in [3.63, 3.8) is 0 Å². The molecule has 2 atom stereocenters. The van der Waals surface area contributed by atoms with Crippen LogP contribution in [-0.2, 0) is 21.7 Å². The average Bonchev–Trinajstić information content (AvgIpc) is 3.05. The predicted octanol–water partition coefficient (Wildman–Crippen LogP) is 4.14. The smallest absolute Gasteiger partial charge is 0.136 e. The summed E-state index contributed by atoms with van der Waals surface area (Å²) in [5.74, 6) is 0. The van der Waals surface area contributed by atoms with Crippen LogP contribution in [0.5, 0.6) is 0 Å². The van der Waals surface area contributed by atoms with Gasteiger partial charge in [0.2, 0.25) is 0 Å². The molecule has 0 amide bonds. The Morgan fingerprint density at radius 1 is 1.28 bits per heavy atom. The molecular weight excluding hydrogens is 352 g/mol. The minimum atomic E-state index is -1.29. The van der Waals surface area contributed by atoms with E-state index in [1.807, 2.05) is 57.3 Å². The van der Waals surface area contributed by atoms with E-state index < -0.39 is 21.6 Å². The molecule has 0 aliphatic rings. The summed E-state index contributed by atoms with van der Waals surface area (Å²) in [6, 6.07) is 11.5. The van der Waals surface area contributed by atoms with Gasteiger partial charge >= 0.3 is 0 Å². The molecular formula is C19H22N2O2S2. The third-order valence-corrected chi connectivity index (χ3v) is 6.78. The average molecular weight is 375 g/mol. The third kappa shape index (κ3) is 4.71. The van der Waals surface area contributed by atoms with Crippen molar-refractivity contribution in [1.82, 2.24) is 4.72 Å². The van der Waals surface area contributed by atoms with Crippen LogP contribution in [0.4, 0.5) is 0 Å². The predicted molar refractivity (Wildman–Crippen MR) is 104 cm³/mol. The Labute approximate surface area is 156 Å². The summed E-state index contributed by atoms with van der Waals surface area (Å²) in [5.41, 5.74) is 1.84. The van der Waals surface area contributed by atoms with E-state index in [-0.39, 0.29) is 6.42 Å². The molecule has 6 heteroatoms. The van der Waals surface area contributed by atoms with E-state index in [4.69, 9.17) is 5.26 Å². The number of nitriles is 1. The van der Waals surface area contributed by atoms with Crippen LogP contribution in [0.3, 0.4) is 0 Å². The summed E-state index contributed by atoms with van der Waals surface area (Å²) >= 11 is 0.224. The highest BCUT2D eigenvalue weighted by molar-refractivity contribution is 7.90. The van der Waals surface area contributed by atoms with E-state index >= 15 is 0 Å². The summed E-state index contributed by atoms with van der Waals surface area (Å²) in [4.78, 5) is 12.2. The van der Waals surface area contributed by atoms with Crippen molar-refractivity contribution in [3.8, 4) is 17.2 Å². The second kappa shape index (κ2) is 7.71. The van der Waals surface area contributed by atoms with E-state index in [0.717, 1.165) is 22.3 Å². The van der Waals surface area contributed by atoms with Gasteiger partial charge in [-0.2, -0.15) is 5.26 Å². The van der Waals surface area contributed by atoms with Gasteiger partial charge in [-0.1, -0.05) is 12.1 Å². The van der Waals surface area contributed by atoms with Crippen molar-refractivity contribution in [2.24, 2.45) is 0 Å². The van der Waals surface area contributed by atoms with Crippen LogP contribution < -0.4 is 4.72 Å². The summed E-state index contributed by atoms with van der Waals surface area (Å²) in [5, 5.41) is 11.1. The van der Waals surface area contributed by atoms with Crippen LogP contribution in [0.2, 0.25) is 0 Å². The molecule has 0 saturated carbocycles. The van der Waals surface area contributed by atoms with E-state index in [9.17, 15) is 9.35 Å². The second-order valence-corrected chi connectivity index (χ2v) is 9.96. The van der Waals surface area contributed by atoms with Crippen molar-refractivity contribution >= 4 is 29.0 Å². The first-order valence-electron chi connectivity index (χ1n) is 7.92. The Morgan fingerprint density at radius 2 is 2.00 bits per heavy atom. The van der Waals surface area contributed by atoms with Gasteiger partial charge in [0.05, 0.1) is 11.6 Å². The molecule has 1 heterocycles. The van der Waals surface area contributed by atoms with Crippen molar-refractivity contribution in [2.45, 2.75) is 44.4 Å². The van der Waals surface area contributed by atoms with Crippen molar-refractivity contribution in [1.29, 1.82) is 5.26 Å². The van der Waals surface area contributed by atoms with Crippen LogP contribution in [0.25, 0.3) is 11.1 Å². The van der Waals surface area contributed by atoms with Crippen molar-refractivity contribution in [3.05, 3.63) is 46.2 Å². The maximum absolute atomic E-state index is 12.5. The lowest BCUT2D eigenvalue weighted by Gasteiger charge is -2.33. The molecule has 25 heavy (non-hydrogen) atoms. The van der Waals surface area contributed by atoms with Crippen LogP contribution in [0.15, 0.2) is 35.7 Å². The first-order valence-corrected chi connectivity index (χ1v) is 9.95. The van der Waals surface area contributed by atoms with Gasteiger partial charge in [-0.25, -0.2) is 0 Å². The zero-order valence-corrected chi connectivity index (χ0v) is 16.5. The number of carbonyl (C=O) groups is 1. The van der Waals surface area contributed by atoms with E-state index in [2.05, 4.69) is 10.8 Å². The first kappa shape index (κ1) is 19.7. The molecule has 0 aliphatic heterocycles. The summed E-state index contributed by atoms with van der Waals surface area (Å²) in [6.07, 6.45) is 1.08. The van der Waals surface area contributed by atoms with E-state index in [1.165, 1.54) is 11.3 Å². The molecule has 0 radical (unpaired) electrons. The SMILES string of the molecule is CC(C)(C)[S+]([O-])N[C@@](C)(CC=O)c1cc(-c2cccc(C#N)c2)cs1. The zero-order valence-electron chi connectivity index (χ0n) is 14.8. The highest BCUT2D eigenvalue weighted by Gasteiger charge is 2.38. The number of carbonyl (C=O) groups excluding carboxylic acids is 1. The minimum absolute atomic E-state index is 0.229. The number of thiophene rings is 1. The number of rotatable bonds is 6. The molecule has 132 valence electrons. The lowest BCUT2D eigenvalue weighted by molar-refractivity contribution is -0.108. The Bertz CT molecular complexity index is 789. The zero-order chi connectivity index (χ0) is 18.7. The van der Waals surface area contributed by atoms with E-state index in [0.29, 0.717) is 5.56 Å². The van der Waals surface area contributed by atoms with Gasteiger partial charge in [0.1, 0.15) is 16.6 Å². The van der Waals surface area contributed by atoms with Gasteiger partial charge in [0.15, 0.2) is 0 Å². The fourth-order valence-electron chi connectivity index (χ4n) is 2.26. The largest absolute Gasteiger partial charge is 0.598 e. The standard InChI is InChI=1S/C19H22N2O2S2/c1-18(2,3)25(23)21-19(4,8-9-22)17-11-16(13-24-17)15-7-5-6-14(10-15)12-20/h5-7,9-11,13,21H,8H2,1-4H3/t19-,25?/m0/s1. The topological polar surface area (TPSA) is 75.9 Å². The molecule has 1 unspecified atom stereocenters. The third-order valence-electron chi connectivity index (χ3n) is 3.83. The second-order valence-electron chi connectivity index (χ2n) is 7.08. The number of benzene rings is 1. The molecule has 0 saturated heterocycles. The number of nitrogens with one attached hydrogen (secondary N) is 1. The Hall–Kier alpha value is -1.65. The molecule has 0 bridgehead atoms. The van der Waals surface area contributed by atoms with Crippen molar-refractivity contribution < 1.29 is 9.35 Å². The van der Waals surface area contributed by atoms with Gasteiger partial charge < -0.3 is 9.35 Å². The molecule has 1 N–H and O–H groups in total. The summed E-state index contributed by atoms with van der Waals surface area (Å²) in [7, 11) is 0. The number of nitrogens with zero attached hydrogens (tertiary/aromatic N) is 1. The summed E-state index contributed by atoms with van der Waals surface area (Å²) in [6.45, 7) is 7.58. The van der Waals surface area contributed by atoms with Crippen LogP contribution in [-0.4, -0.2) is 15.6 Å². The number of hydrogen-bond acceptors (Lipinski definition) is 5. The number of hydrogen-bond donors (Lipinski definition) is 1. The Morgan fingerprint density at radius 3 is 2.60 bits per heavy atom. The van der Waals surface area contributed by atoms with Crippen LogP contribution >= 0.6 is 11.3 Å². The van der Waals surface area contributed by atoms with Gasteiger partial charge in [0, 0.05) is 22.7 Å².